The van der Waals surface area contributed by atoms with Gasteiger partial charge in [-0.15, -0.1) is 0 Å². The SMILES string of the molecule is NC(CC(=O)O)c1cc(O)c(F)c(Cl)c1. The van der Waals surface area contributed by atoms with Crippen molar-refractivity contribution in [3.05, 3.63) is 28.5 Å². The van der Waals surface area contributed by atoms with Gasteiger partial charge in [-0.3, -0.25) is 4.79 Å². The van der Waals surface area contributed by atoms with Crippen LogP contribution in [0, 0.1) is 5.82 Å². The molecule has 0 radical (unpaired) electrons. The number of carboxylic acid groups (broad SMARTS) is 1. The number of carbonyl (C=O) groups is 1. The van der Waals surface area contributed by atoms with Crippen LogP contribution in [0.15, 0.2) is 12.1 Å². The molecule has 1 aromatic carbocycles. The largest absolute Gasteiger partial charge is 0.505 e. The maximum atomic E-state index is 12.9. The van der Waals surface area contributed by atoms with Gasteiger partial charge in [0.1, 0.15) is 0 Å². The van der Waals surface area contributed by atoms with Crippen LogP contribution in [0.2, 0.25) is 5.02 Å². The zero-order valence-electron chi connectivity index (χ0n) is 7.58. The van der Waals surface area contributed by atoms with E-state index < -0.39 is 23.6 Å². The van der Waals surface area contributed by atoms with E-state index in [4.69, 9.17) is 27.5 Å². The molecular weight excluding hydrogens is 225 g/mol. The minimum atomic E-state index is -1.08. The number of nitrogens with two attached hydrogens (primary N) is 1. The second-order valence-corrected chi connectivity index (χ2v) is 3.45. The lowest BCUT2D eigenvalue weighted by molar-refractivity contribution is -0.137. The minimum absolute atomic E-state index is 0.279. The monoisotopic (exact) mass is 233 g/mol. The number of rotatable bonds is 3. The van der Waals surface area contributed by atoms with Gasteiger partial charge in [-0.2, -0.15) is 0 Å². The van der Waals surface area contributed by atoms with E-state index in [-0.39, 0.29) is 17.0 Å². The van der Waals surface area contributed by atoms with Crippen molar-refractivity contribution in [2.24, 2.45) is 5.73 Å². The summed E-state index contributed by atoms with van der Waals surface area (Å²) in [5.74, 6) is -2.66. The molecule has 0 fully saturated rings. The van der Waals surface area contributed by atoms with E-state index in [2.05, 4.69) is 0 Å². The molecule has 0 aromatic heterocycles. The third kappa shape index (κ3) is 2.81. The van der Waals surface area contributed by atoms with E-state index >= 15 is 0 Å². The summed E-state index contributed by atoms with van der Waals surface area (Å²) in [5.41, 5.74) is 5.79. The highest BCUT2D eigenvalue weighted by Crippen LogP contribution is 2.28. The van der Waals surface area contributed by atoms with Crippen molar-refractivity contribution >= 4 is 17.6 Å². The smallest absolute Gasteiger partial charge is 0.305 e. The molecule has 4 nitrogen and oxygen atoms in total. The fourth-order valence-corrected chi connectivity index (χ4v) is 1.34. The normalized spacial score (nSPS) is 12.5. The Morgan fingerprint density at radius 2 is 2.20 bits per heavy atom. The van der Waals surface area contributed by atoms with Gasteiger partial charge in [0, 0.05) is 6.04 Å². The van der Waals surface area contributed by atoms with E-state index in [1.807, 2.05) is 0 Å². The Bertz CT molecular complexity index is 374. The number of carboxylic acids is 1. The van der Waals surface area contributed by atoms with Crippen LogP contribution in [0.5, 0.6) is 5.75 Å². The summed E-state index contributed by atoms with van der Waals surface area (Å²) < 4.78 is 12.9. The van der Waals surface area contributed by atoms with Crippen molar-refractivity contribution in [1.29, 1.82) is 0 Å². The van der Waals surface area contributed by atoms with Crippen LogP contribution in [0.3, 0.4) is 0 Å². The Morgan fingerprint density at radius 3 is 2.67 bits per heavy atom. The van der Waals surface area contributed by atoms with Gasteiger partial charge in [0.15, 0.2) is 11.6 Å². The lowest BCUT2D eigenvalue weighted by Crippen LogP contribution is -2.15. The number of hydrogen-bond acceptors (Lipinski definition) is 3. The predicted molar refractivity (Wildman–Crippen MR) is 52.3 cm³/mol. The summed E-state index contributed by atoms with van der Waals surface area (Å²) in [7, 11) is 0. The molecule has 1 atom stereocenters. The molecule has 0 saturated carbocycles. The summed E-state index contributed by atoms with van der Waals surface area (Å²) >= 11 is 5.46. The van der Waals surface area contributed by atoms with Crippen LogP contribution in [-0.2, 0) is 4.79 Å². The maximum Gasteiger partial charge on any atom is 0.305 e. The fourth-order valence-electron chi connectivity index (χ4n) is 1.11. The van der Waals surface area contributed by atoms with Gasteiger partial charge in [0.25, 0.3) is 0 Å². The molecule has 15 heavy (non-hydrogen) atoms. The molecular formula is C9H9ClFNO3. The Labute approximate surface area is 90.1 Å². The zero-order valence-corrected chi connectivity index (χ0v) is 8.33. The predicted octanol–water partition coefficient (Wildman–Crippen LogP) is 1.66. The molecule has 0 aliphatic heterocycles. The first kappa shape index (κ1) is 11.7. The number of aliphatic carboxylic acids is 1. The maximum absolute atomic E-state index is 12.9. The summed E-state index contributed by atoms with van der Waals surface area (Å²) in [6, 6.07) is 1.44. The standard InChI is InChI=1S/C9H9ClFNO3/c10-5-1-4(2-7(13)9(5)11)6(12)3-8(14)15/h1-2,6,13H,3,12H2,(H,14,15). The van der Waals surface area contributed by atoms with E-state index in [1.165, 1.54) is 6.07 Å². The first-order valence-corrected chi connectivity index (χ1v) is 4.45. The Morgan fingerprint density at radius 1 is 1.60 bits per heavy atom. The van der Waals surface area contributed by atoms with Crippen molar-refractivity contribution in [2.45, 2.75) is 12.5 Å². The molecule has 6 heteroatoms. The number of benzene rings is 1. The van der Waals surface area contributed by atoms with Crippen molar-refractivity contribution in [1.82, 2.24) is 0 Å². The molecule has 0 aliphatic rings. The van der Waals surface area contributed by atoms with Crippen LogP contribution in [0.1, 0.15) is 18.0 Å². The molecule has 1 aromatic rings. The van der Waals surface area contributed by atoms with E-state index in [9.17, 15) is 9.18 Å². The lowest BCUT2D eigenvalue weighted by Gasteiger charge is -2.10. The molecule has 1 rings (SSSR count). The molecule has 0 saturated heterocycles. The van der Waals surface area contributed by atoms with Crippen LogP contribution >= 0.6 is 11.6 Å². The molecule has 0 bridgehead atoms. The van der Waals surface area contributed by atoms with Crippen molar-refractivity contribution in [3.63, 3.8) is 0 Å². The van der Waals surface area contributed by atoms with E-state index in [0.717, 1.165) is 6.07 Å². The van der Waals surface area contributed by atoms with Gasteiger partial charge in [0.2, 0.25) is 0 Å². The van der Waals surface area contributed by atoms with Gasteiger partial charge in [-0.1, -0.05) is 11.6 Å². The highest BCUT2D eigenvalue weighted by Gasteiger charge is 2.15. The zero-order chi connectivity index (χ0) is 11.6. The molecule has 4 N–H and O–H groups in total. The summed E-state index contributed by atoms with van der Waals surface area (Å²) in [6.07, 6.45) is -0.318. The highest BCUT2D eigenvalue weighted by molar-refractivity contribution is 6.31. The molecule has 1 unspecified atom stereocenters. The Kier molecular flexibility index (Phi) is 3.49. The molecule has 0 heterocycles. The van der Waals surface area contributed by atoms with Gasteiger partial charge in [-0.25, -0.2) is 4.39 Å². The summed E-state index contributed by atoms with van der Waals surface area (Å²) in [4.78, 5) is 10.4. The number of halogens is 2. The Balaban J connectivity index is 3.00. The van der Waals surface area contributed by atoms with Gasteiger partial charge in [0.05, 0.1) is 11.4 Å². The van der Waals surface area contributed by atoms with Crippen LogP contribution in [0.25, 0.3) is 0 Å². The fraction of sp³-hybridized carbons (Fsp3) is 0.222. The third-order valence-corrected chi connectivity index (χ3v) is 2.13. The topological polar surface area (TPSA) is 83.6 Å². The minimum Gasteiger partial charge on any atom is -0.505 e. The number of phenols is 1. The van der Waals surface area contributed by atoms with Crippen molar-refractivity contribution in [3.8, 4) is 5.75 Å². The van der Waals surface area contributed by atoms with Crippen molar-refractivity contribution in [2.75, 3.05) is 0 Å². The first-order chi connectivity index (χ1) is 6.91. The molecule has 0 aliphatic carbocycles. The molecule has 0 spiro atoms. The number of aromatic hydroxyl groups is 1. The van der Waals surface area contributed by atoms with Gasteiger partial charge < -0.3 is 15.9 Å². The average molecular weight is 234 g/mol. The average Bonchev–Trinajstić information content (AvgIpc) is 2.12. The van der Waals surface area contributed by atoms with Gasteiger partial charge >= 0.3 is 5.97 Å². The highest BCUT2D eigenvalue weighted by atomic mass is 35.5. The number of phenolic OH excluding ortho intramolecular Hbond substituents is 1. The second-order valence-electron chi connectivity index (χ2n) is 3.04. The van der Waals surface area contributed by atoms with E-state index in [0.29, 0.717) is 0 Å². The molecule has 0 amide bonds. The van der Waals surface area contributed by atoms with Gasteiger partial charge in [-0.05, 0) is 17.7 Å². The van der Waals surface area contributed by atoms with Crippen molar-refractivity contribution < 1.29 is 19.4 Å². The summed E-state index contributed by atoms with van der Waals surface area (Å²) in [5, 5.41) is 17.3. The molecule has 82 valence electrons. The summed E-state index contributed by atoms with van der Waals surface area (Å²) in [6.45, 7) is 0. The Hall–Kier alpha value is -1.33. The van der Waals surface area contributed by atoms with E-state index in [1.54, 1.807) is 0 Å². The van der Waals surface area contributed by atoms with Crippen LogP contribution < -0.4 is 5.73 Å². The first-order valence-electron chi connectivity index (χ1n) is 4.07. The lowest BCUT2D eigenvalue weighted by atomic mass is 10.0. The third-order valence-electron chi connectivity index (χ3n) is 1.85. The number of hydrogen-bond donors (Lipinski definition) is 3. The quantitative estimate of drug-likeness (QED) is 0.741. The second kappa shape index (κ2) is 4.46. The van der Waals surface area contributed by atoms with Crippen LogP contribution in [0.4, 0.5) is 4.39 Å². The van der Waals surface area contributed by atoms with Crippen LogP contribution in [-0.4, -0.2) is 16.2 Å².